The van der Waals surface area contributed by atoms with Crippen LogP contribution in [0.25, 0.3) is 10.2 Å². The second-order valence-corrected chi connectivity index (χ2v) is 9.12. The number of hydrogen-bond donors (Lipinski definition) is 3. The van der Waals surface area contributed by atoms with Crippen LogP contribution in [0.3, 0.4) is 0 Å². The molecule has 0 unspecified atom stereocenters. The summed E-state index contributed by atoms with van der Waals surface area (Å²) in [5.41, 5.74) is 1.23. The lowest BCUT2D eigenvalue weighted by atomic mass is 10.0. The number of carbonyl (C=O) groups excluding carboxylic acids is 2. The highest BCUT2D eigenvalue weighted by molar-refractivity contribution is 7.18. The van der Waals surface area contributed by atoms with Crippen molar-refractivity contribution in [2.75, 3.05) is 5.32 Å². The Morgan fingerprint density at radius 2 is 2.13 bits per heavy atom. The molecule has 2 amide bonds. The Morgan fingerprint density at radius 1 is 1.30 bits per heavy atom. The number of carbonyl (C=O) groups is 2. The van der Waals surface area contributed by atoms with Crippen LogP contribution in [0.1, 0.15) is 46.9 Å². The van der Waals surface area contributed by atoms with Crippen LogP contribution in [0.2, 0.25) is 0 Å². The van der Waals surface area contributed by atoms with Gasteiger partial charge in [-0.05, 0) is 56.4 Å². The highest BCUT2D eigenvalue weighted by Gasteiger charge is 2.35. The molecule has 2 aliphatic rings. The van der Waals surface area contributed by atoms with E-state index in [1.165, 1.54) is 16.2 Å². The quantitative estimate of drug-likeness (QED) is 0.598. The number of aromatic amines is 1. The normalized spacial score (nSPS) is 16.5. The number of nitrogens with zero attached hydrogens (tertiary/aromatic N) is 1. The van der Waals surface area contributed by atoms with Gasteiger partial charge in [0.2, 0.25) is 5.82 Å². The van der Waals surface area contributed by atoms with Gasteiger partial charge in [-0.15, -0.1) is 11.3 Å². The summed E-state index contributed by atoms with van der Waals surface area (Å²) in [6.07, 6.45) is 2.91. The van der Waals surface area contributed by atoms with Gasteiger partial charge in [0.15, 0.2) is 5.60 Å². The van der Waals surface area contributed by atoms with E-state index in [1.54, 1.807) is 26.0 Å². The SMILES string of the molecule is CC1(C)Oc2ccc(CNC(=O)c3nc4sc5c(c4c(=O)[nH]3)CCC5)cc2NC1=O. The van der Waals surface area contributed by atoms with E-state index in [9.17, 15) is 14.4 Å². The summed E-state index contributed by atoms with van der Waals surface area (Å²) < 4.78 is 5.71. The van der Waals surface area contributed by atoms with Gasteiger partial charge >= 0.3 is 0 Å². The zero-order valence-corrected chi connectivity index (χ0v) is 17.4. The molecule has 5 rings (SSSR count). The van der Waals surface area contributed by atoms with Gasteiger partial charge < -0.3 is 20.4 Å². The number of amides is 2. The number of aryl methyl sites for hydroxylation is 2. The van der Waals surface area contributed by atoms with Crippen LogP contribution in [-0.2, 0) is 24.2 Å². The Hall–Kier alpha value is -3.20. The summed E-state index contributed by atoms with van der Waals surface area (Å²) in [6.45, 7) is 3.62. The van der Waals surface area contributed by atoms with Crippen LogP contribution < -0.4 is 20.9 Å². The second-order valence-electron chi connectivity index (χ2n) is 8.03. The van der Waals surface area contributed by atoms with E-state index in [0.29, 0.717) is 21.7 Å². The lowest BCUT2D eigenvalue weighted by Crippen LogP contribution is -2.45. The van der Waals surface area contributed by atoms with Crippen molar-refractivity contribution in [3.63, 3.8) is 0 Å². The van der Waals surface area contributed by atoms with Crippen molar-refractivity contribution >= 4 is 39.1 Å². The number of hydrogen-bond acceptors (Lipinski definition) is 6. The number of H-pyrrole nitrogens is 1. The Morgan fingerprint density at radius 3 is 2.97 bits per heavy atom. The highest BCUT2D eigenvalue weighted by atomic mass is 32.1. The number of nitrogens with one attached hydrogen (secondary N) is 3. The maximum atomic E-state index is 12.6. The van der Waals surface area contributed by atoms with E-state index in [0.717, 1.165) is 30.4 Å². The van der Waals surface area contributed by atoms with Gasteiger partial charge in [0.25, 0.3) is 17.4 Å². The fourth-order valence-corrected chi connectivity index (χ4v) is 5.11. The molecular weight excluding hydrogens is 404 g/mol. The number of aromatic nitrogens is 2. The number of thiophene rings is 1. The van der Waals surface area contributed by atoms with Crippen molar-refractivity contribution in [3.05, 3.63) is 50.4 Å². The molecule has 0 radical (unpaired) electrons. The third kappa shape index (κ3) is 3.06. The van der Waals surface area contributed by atoms with E-state index in [-0.39, 0.29) is 23.8 Å². The first-order chi connectivity index (χ1) is 14.3. The first-order valence-corrected chi connectivity index (χ1v) is 10.6. The van der Waals surface area contributed by atoms with Gasteiger partial charge in [-0.3, -0.25) is 14.4 Å². The molecule has 0 atom stereocenters. The van der Waals surface area contributed by atoms with Gasteiger partial charge in [0.05, 0.1) is 11.1 Å². The number of anilines is 1. The number of fused-ring (bicyclic) bond motifs is 4. The Labute approximate surface area is 175 Å². The van der Waals surface area contributed by atoms with Crippen LogP contribution in [0.15, 0.2) is 23.0 Å². The molecule has 0 saturated heterocycles. The Bertz CT molecular complexity index is 1270. The van der Waals surface area contributed by atoms with Crippen LogP contribution in [-0.4, -0.2) is 27.4 Å². The monoisotopic (exact) mass is 424 g/mol. The van der Waals surface area contributed by atoms with E-state index in [1.807, 2.05) is 6.07 Å². The van der Waals surface area contributed by atoms with E-state index in [2.05, 4.69) is 20.6 Å². The molecule has 0 fully saturated rings. The molecule has 0 spiro atoms. The van der Waals surface area contributed by atoms with E-state index in [4.69, 9.17) is 4.74 Å². The Balaban J connectivity index is 1.34. The molecule has 30 heavy (non-hydrogen) atoms. The molecule has 1 aliphatic carbocycles. The Kier molecular flexibility index (Phi) is 4.18. The molecule has 2 aromatic heterocycles. The predicted molar refractivity (Wildman–Crippen MR) is 113 cm³/mol. The fraction of sp³-hybridized carbons (Fsp3) is 0.333. The molecule has 3 aromatic rings. The molecule has 1 aliphatic heterocycles. The van der Waals surface area contributed by atoms with Crippen molar-refractivity contribution in [1.29, 1.82) is 0 Å². The largest absolute Gasteiger partial charge is 0.476 e. The number of ether oxygens (including phenoxy) is 1. The minimum atomic E-state index is -0.930. The molecule has 1 aromatic carbocycles. The lowest BCUT2D eigenvalue weighted by molar-refractivity contribution is -0.129. The summed E-state index contributed by atoms with van der Waals surface area (Å²) in [5.74, 6) is -0.101. The summed E-state index contributed by atoms with van der Waals surface area (Å²) in [5, 5.41) is 6.21. The van der Waals surface area contributed by atoms with Gasteiger partial charge in [-0.1, -0.05) is 6.07 Å². The molecule has 154 valence electrons. The average Bonchev–Trinajstić information content (AvgIpc) is 3.27. The van der Waals surface area contributed by atoms with Crippen molar-refractivity contribution in [2.24, 2.45) is 0 Å². The standard InChI is InChI=1S/C21H20N4O4S/c1-21(2)20(28)23-12-8-10(6-7-13(12)29-21)9-22-18(27)16-24-17(26)15-11-4-3-5-14(11)30-19(15)25-16/h6-8H,3-5,9H2,1-2H3,(H,22,27)(H,23,28)(H,24,25,26). The van der Waals surface area contributed by atoms with Crippen molar-refractivity contribution in [1.82, 2.24) is 15.3 Å². The van der Waals surface area contributed by atoms with E-state index < -0.39 is 11.5 Å². The minimum Gasteiger partial charge on any atom is -0.476 e. The van der Waals surface area contributed by atoms with Crippen molar-refractivity contribution in [3.8, 4) is 5.75 Å². The van der Waals surface area contributed by atoms with Gasteiger partial charge in [0.1, 0.15) is 10.6 Å². The van der Waals surface area contributed by atoms with Crippen molar-refractivity contribution in [2.45, 2.75) is 45.3 Å². The van der Waals surface area contributed by atoms with Crippen LogP contribution >= 0.6 is 11.3 Å². The highest BCUT2D eigenvalue weighted by Crippen LogP contribution is 2.35. The van der Waals surface area contributed by atoms with Gasteiger partial charge in [0, 0.05) is 11.4 Å². The zero-order valence-electron chi connectivity index (χ0n) is 16.5. The first-order valence-electron chi connectivity index (χ1n) is 9.78. The summed E-state index contributed by atoms with van der Waals surface area (Å²) in [4.78, 5) is 46.0. The summed E-state index contributed by atoms with van der Waals surface area (Å²) >= 11 is 1.50. The lowest BCUT2D eigenvalue weighted by Gasteiger charge is -2.31. The van der Waals surface area contributed by atoms with Gasteiger partial charge in [-0.25, -0.2) is 4.98 Å². The maximum absolute atomic E-state index is 12.6. The van der Waals surface area contributed by atoms with Crippen LogP contribution in [0.5, 0.6) is 5.75 Å². The summed E-state index contributed by atoms with van der Waals surface area (Å²) in [7, 11) is 0. The predicted octanol–water partition coefficient (Wildman–Crippen LogP) is 2.51. The number of rotatable bonds is 3. The topological polar surface area (TPSA) is 113 Å². The zero-order chi connectivity index (χ0) is 21.0. The average molecular weight is 424 g/mol. The van der Waals surface area contributed by atoms with Crippen LogP contribution in [0, 0.1) is 0 Å². The fourth-order valence-electron chi connectivity index (χ4n) is 3.84. The third-order valence-corrected chi connectivity index (χ3v) is 6.63. The molecule has 0 saturated carbocycles. The molecule has 9 heteroatoms. The molecule has 0 bridgehead atoms. The van der Waals surface area contributed by atoms with Gasteiger partial charge in [-0.2, -0.15) is 0 Å². The van der Waals surface area contributed by atoms with Crippen molar-refractivity contribution < 1.29 is 14.3 Å². The molecular formula is C21H20N4O4S. The van der Waals surface area contributed by atoms with E-state index >= 15 is 0 Å². The molecule has 3 N–H and O–H groups in total. The minimum absolute atomic E-state index is 0.00349. The maximum Gasteiger partial charge on any atom is 0.287 e. The van der Waals surface area contributed by atoms with Crippen LogP contribution in [0.4, 0.5) is 5.69 Å². The first kappa shape index (κ1) is 18.8. The summed E-state index contributed by atoms with van der Waals surface area (Å²) in [6, 6.07) is 5.33. The molecule has 3 heterocycles. The second kappa shape index (κ2) is 6.66. The third-order valence-electron chi connectivity index (χ3n) is 5.45. The number of benzene rings is 1. The molecule has 8 nitrogen and oxygen atoms in total. The smallest absolute Gasteiger partial charge is 0.287 e.